The van der Waals surface area contributed by atoms with E-state index in [-0.39, 0.29) is 40.8 Å². The number of quaternary nitrogens is 1. The highest BCUT2D eigenvalue weighted by Crippen LogP contribution is 2.43. The first-order chi connectivity index (χ1) is 16.5. The zero-order valence-corrected chi connectivity index (χ0v) is 22.2. The van der Waals surface area contributed by atoms with E-state index in [1.54, 1.807) is 12.4 Å². The van der Waals surface area contributed by atoms with E-state index in [0.717, 1.165) is 58.0 Å². The van der Waals surface area contributed by atoms with Crippen molar-refractivity contribution < 1.29 is 40.9 Å². The van der Waals surface area contributed by atoms with Gasteiger partial charge < -0.3 is 36.6 Å². The molecule has 0 aromatic carbocycles. The molecule has 4 aliphatic rings. The second-order valence-electron chi connectivity index (χ2n) is 10.2. The van der Waals surface area contributed by atoms with Gasteiger partial charge in [0.2, 0.25) is 0 Å². The molecule has 0 radical (unpaired) electrons. The van der Waals surface area contributed by atoms with Gasteiger partial charge in [0.15, 0.2) is 24.1 Å². The number of aromatic nitrogens is 2. The number of aliphatic hydroxyl groups is 1. The molecule has 2 atom stereocenters. The maximum Gasteiger partial charge on any atom is 0.343 e. The molecule has 1 aliphatic carbocycles. The molecule has 2 aromatic heterocycles. The highest BCUT2D eigenvalue weighted by atomic mass is 79.9. The Morgan fingerprint density at radius 3 is 2.60 bits per heavy atom. The lowest BCUT2D eigenvalue weighted by molar-refractivity contribution is -0.939. The van der Waals surface area contributed by atoms with Crippen LogP contribution in [0.15, 0.2) is 35.4 Å². The summed E-state index contributed by atoms with van der Waals surface area (Å²) in [5, 5.41) is 18.4. The molecule has 6 rings (SSSR count). The average molecular weight is 566 g/mol. The molecule has 2 aromatic rings. The fraction of sp³-hybridized carbons (Fsp3) is 0.600. The van der Waals surface area contributed by atoms with E-state index in [0.29, 0.717) is 29.0 Å². The number of carbonyl (C=O) groups is 2. The fourth-order valence-corrected chi connectivity index (χ4v) is 6.89. The van der Waals surface area contributed by atoms with Crippen molar-refractivity contribution in [1.29, 1.82) is 0 Å². The lowest BCUT2D eigenvalue weighted by Crippen LogP contribution is -3.00. The van der Waals surface area contributed by atoms with Gasteiger partial charge in [0.05, 0.1) is 19.3 Å². The van der Waals surface area contributed by atoms with E-state index in [4.69, 9.17) is 4.74 Å². The molecule has 1 amide bonds. The predicted octanol–water partition coefficient (Wildman–Crippen LogP) is 0.101. The SMILES string of the molecule is O=C(C[N+]12CCC(CC1)C(OC(=O)[C@](O)(c1ccsc1)C1CCCCC1)C2)Nc1cnccn1.[Br-]. The summed E-state index contributed by atoms with van der Waals surface area (Å²) < 4.78 is 6.74. The monoisotopic (exact) mass is 564 g/mol. The van der Waals surface area contributed by atoms with E-state index in [9.17, 15) is 14.7 Å². The normalized spacial score (nSPS) is 27.9. The minimum Gasteiger partial charge on any atom is -1.00 e. The molecule has 0 spiro atoms. The smallest absolute Gasteiger partial charge is 0.343 e. The molecule has 2 N–H and O–H groups in total. The Morgan fingerprint density at radius 2 is 1.94 bits per heavy atom. The molecule has 1 unspecified atom stereocenters. The van der Waals surface area contributed by atoms with Crippen molar-refractivity contribution in [2.45, 2.75) is 56.7 Å². The minimum absolute atomic E-state index is 0. The van der Waals surface area contributed by atoms with Crippen molar-refractivity contribution in [1.82, 2.24) is 9.97 Å². The van der Waals surface area contributed by atoms with Gasteiger partial charge in [-0.25, -0.2) is 9.78 Å². The Bertz CT molecular complexity index is 994. The Kier molecular flexibility index (Phi) is 8.25. The third-order valence-electron chi connectivity index (χ3n) is 8.08. The second-order valence-corrected chi connectivity index (χ2v) is 10.9. The van der Waals surface area contributed by atoms with Crippen LogP contribution in [0.2, 0.25) is 0 Å². The molecule has 3 aliphatic heterocycles. The number of piperidine rings is 3. The zero-order valence-electron chi connectivity index (χ0n) is 19.8. The highest BCUT2D eigenvalue weighted by molar-refractivity contribution is 7.08. The van der Waals surface area contributed by atoms with Crippen molar-refractivity contribution >= 4 is 29.0 Å². The van der Waals surface area contributed by atoms with Crippen LogP contribution in [-0.4, -0.2) is 63.7 Å². The first-order valence-electron chi connectivity index (χ1n) is 12.4. The van der Waals surface area contributed by atoms with Crippen LogP contribution in [0.25, 0.3) is 0 Å². The van der Waals surface area contributed by atoms with Crippen LogP contribution >= 0.6 is 11.3 Å². The summed E-state index contributed by atoms with van der Waals surface area (Å²) in [7, 11) is 0. The Labute approximate surface area is 220 Å². The number of amides is 1. The number of rotatable bonds is 7. The Morgan fingerprint density at radius 1 is 1.17 bits per heavy atom. The maximum absolute atomic E-state index is 13.6. The molecule has 2 bridgehead atoms. The minimum atomic E-state index is -1.60. The van der Waals surface area contributed by atoms with Crippen LogP contribution in [-0.2, 0) is 19.9 Å². The number of esters is 1. The average Bonchev–Trinajstić information content (AvgIpc) is 3.40. The Hall–Kier alpha value is -1.88. The van der Waals surface area contributed by atoms with Gasteiger partial charge in [0.1, 0.15) is 6.54 Å². The van der Waals surface area contributed by atoms with Gasteiger partial charge in [-0.3, -0.25) is 9.78 Å². The quantitative estimate of drug-likeness (QED) is 0.365. The molecular formula is C25H33BrN4O4S. The van der Waals surface area contributed by atoms with Gasteiger partial charge in [-0.05, 0) is 29.7 Å². The lowest BCUT2D eigenvalue weighted by atomic mass is 9.74. The van der Waals surface area contributed by atoms with E-state index in [2.05, 4.69) is 15.3 Å². The largest absolute Gasteiger partial charge is 1.00 e. The molecule has 190 valence electrons. The number of anilines is 1. The predicted molar refractivity (Wildman–Crippen MR) is 128 cm³/mol. The zero-order chi connectivity index (χ0) is 23.6. The molecule has 3 saturated heterocycles. The maximum atomic E-state index is 13.6. The van der Waals surface area contributed by atoms with Crippen molar-refractivity contribution in [2.24, 2.45) is 11.8 Å². The number of thiophene rings is 1. The van der Waals surface area contributed by atoms with Crippen molar-refractivity contribution in [3.8, 4) is 0 Å². The van der Waals surface area contributed by atoms with Crippen LogP contribution in [0, 0.1) is 11.8 Å². The number of nitrogens with zero attached hydrogens (tertiary/aromatic N) is 3. The van der Waals surface area contributed by atoms with Crippen molar-refractivity contribution in [2.75, 3.05) is 31.5 Å². The summed E-state index contributed by atoms with van der Waals surface area (Å²) in [6.45, 7) is 2.71. The van der Waals surface area contributed by atoms with Crippen LogP contribution in [0.5, 0.6) is 0 Å². The third kappa shape index (κ3) is 5.45. The van der Waals surface area contributed by atoms with Gasteiger partial charge in [-0.1, -0.05) is 19.3 Å². The third-order valence-corrected chi connectivity index (χ3v) is 8.76. The van der Waals surface area contributed by atoms with Crippen LogP contribution in [0.1, 0.15) is 50.5 Å². The van der Waals surface area contributed by atoms with Gasteiger partial charge in [0.25, 0.3) is 5.91 Å². The summed E-state index contributed by atoms with van der Waals surface area (Å²) in [6.07, 6.45) is 11.0. The number of nitrogens with one attached hydrogen (secondary N) is 1. The number of hydrogen-bond donors (Lipinski definition) is 2. The van der Waals surface area contributed by atoms with Crippen molar-refractivity contribution in [3.63, 3.8) is 0 Å². The molecule has 8 nitrogen and oxygen atoms in total. The van der Waals surface area contributed by atoms with Crippen LogP contribution < -0.4 is 22.3 Å². The molecule has 10 heteroatoms. The topological polar surface area (TPSA) is 101 Å². The first-order valence-corrected chi connectivity index (χ1v) is 13.3. The molecule has 5 heterocycles. The van der Waals surface area contributed by atoms with Gasteiger partial charge >= 0.3 is 5.97 Å². The number of fused-ring (bicyclic) bond motifs is 3. The lowest BCUT2D eigenvalue weighted by Gasteiger charge is -2.52. The van der Waals surface area contributed by atoms with Gasteiger partial charge in [-0.2, -0.15) is 11.3 Å². The summed E-state index contributed by atoms with van der Waals surface area (Å²) in [4.78, 5) is 34.5. The molecular weight excluding hydrogens is 532 g/mol. The van der Waals surface area contributed by atoms with Crippen molar-refractivity contribution in [3.05, 3.63) is 41.0 Å². The summed E-state index contributed by atoms with van der Waals surface area (Å²) >= 11 is 1.49. The molecule has 4 fully saturated rings. The fourth-order valence-electron chi connectivity index (χ4n) is 6.18. The summed E-state index contributed by atoms with van der Waals surface area (Å²) in [6, 6.07) is 1.85. The standard InChI is InChI=1S/C25H32N4O4S.BrH/c30-23(28-22-14-26-9-10-27-22)16-29-11-6-18(7-12-29)21(15-29)33-24(31)25(32,20-8-13-34-17-20)19-4-2-1-3-5-19;/h8-10,13-14,17-19,21,32H,1-7,11-12,15-16H2;1H/t18?,21?,25-,29?;/m1./s1. The van der Waals surface area contributed by atoms with Gasteiger partial charge in [0, 0.05) is 42.6 Å². The van der Waals surface area contributed by atoms with Crippen LogP contribution in [0.4, 0.5) is 5.82 Å². The Balaban J connectivity index is 0.00000289. The number of halogens is 1. The van der Waals surface area contributed by atoms with Gasteiger partial charge in [-0.15, -0.1) is 0 Å². The summed E-state index contributed by atoms with van der Waals surface area (Å²) in [5.74, 6) is -0.0223. The van der Waals surface area contributed by atoms with Crippen LogP contribution in [0.3, 0.4) is 0 Å². The van der Waals surface area contributed by atoms with E-state index in [1.807, 2.05) is 16.8 Å². The number of carbonyl (C=O) groups excluding carboxylic acids is 2. The first kappa shape index (κ1) is 26.2. The number of hydrogen-bond acceptors (Lipinski definition) is 7. The second kappa shape index (κ2) is 11.0. The van der Waals surface area contributed by atoms with E-state index >= 15 is 0 Å². The molecule has 35 heavy (non-hydrogen) atoms. The van der Waals surface area contributed by atoms with E-state index < -0.39 is 11.6 Å². The summed E-state index contributed by atoms with van der Waals surface area (Å²) in [5.41, 5.74) is -0.941. The molecule has 1 saturated carbocycles. The van der Waals surface area contributed by atoms with E-state index in [1.165, 1.54) is 17.5 Å². The number of ether oxygens (including phenoxy) is 1. The highest BCUT2D eigenvalue weighted by Gasteiger charge is 2.52.